The normalized spacial score (nSPS) is 10.8. The average molecular weight is 387 g/mol. The minimum atomic E-state index is -0.467. The number of hydrogen-bond acceptors (Lipinski definition) is 4. The molecule has 0 unspecified atom stereocenters. The highest BCUT2D eigenvalue weighted by atomic mass is 79.9. The van der Waals surface area contributed by atoms with Crippen molar-refractivity contribution in [1.29, 1.82) is 0 Å². The van der Waals surface area contributed by atoms with Gasteiger partial charge in [-0.15, -0.1) is 0 Å². The van der Waals surface area contributed by atoms with E-state index < -0.39 is 5.63 Å². The van der Waals surface area contributed by atoms with Gasteiger partial charge in [-0.05, 0) is 30.7 Å². The van der Waals surface area contributed by atoms with Crippen LogP contribution in [0.3, 0.4) is 0 Å². The van der Waals surface area contributed by atoms with E-state index in [4.69, 9.17) is 9.15 Å². The van der Waals surface area contributed by atoms with E-state index in [1.807, 2.05) is 43.3 Å². The Morgan fingerprint density at radius 3 is 2.62 bits per heavy atom. The van der Waals surface area contributed by atoms with Gasteiger partial charge in [0.15, 0.2) is 0 Å². The summed E-state index contributed by atoms with van der Waals surface area (Å²) in [5.74, 6) is -0.336. The number of fused-ring (bicyclic) bond motifs is 1. The molecule has 0 aliphatic carbocycles. The summed E-state index contributed by atoms with van der Waals surface area (Å²) in [6.45, 7) is 2.03. The lowest BCUT2D eigenvalue weighted by Crippen LogP contribution is -2.10. The van der Waals surface area contributed by atoms with E-state index in [2.05, 4.69) is 15.9 Å². The Bertz CT molecular complexity index is 942. The van der Waals surface area contributed by atoms with Crippen LogP contribution >= 0.6 is 15.9 Å². The van der Waals surface area contributed by atoms with Crippen LogP contribution in [0, 0.1) is 6.92 Å². The van der Waals surface area contributed by atoms with Crippen LogP contribution in [0.2, 0.25) is 0 Å². The van der Waals surface area contributed by atoms with Gasteiger partial charge in [0.05, 0.1) is 6.42 Å². The molecule has 0 aliphatic rings. The third-order valence-electron chi connectivity index (χ3n) is 3.65. The number of esters is 1. The lowest BCUT2D eigenvalue weighted by molar-refractivity contribution is -0.144. The first-order chi connectivity index (χ1) is 11.5. The Morgan fingerprint density at radius 1 is 1.12 bits per heavy atom. The van der Waals surface area contributed by atoms with Crippen molar-refractivity contribution in [3.8, 4) is 0 Å². The maximum absolute atomic E-state index is 12.0. The molecule has 0 radical (unpaired) electrons. The number of halogens is 1. The van der Waals surface area contributed by atoms with E-state index in [9.17, 15) is 9.59 Å². The molecule has 1 aromatic heterocycles. The number of carbonyl (C=O) groups is 1. The average Bonchev–Trinajstić information content (AvgIpc) is 2.54. The predicted molar refractivity (Wildman–Crippen MR) is 94.9 cm³/mol. The molecule has 0 bridgehead atoms. The Labute approximate surface area is 147 Å². The van der Waals surface area contributed by atoms with Gasteiger partial charge >= 0.3 is 11.6 Å². The number of benzene rings is 2. The molecule has 3 aromatic rings. The van der Waals surface area contributed by atoms with Crippen molar-refractivity contribution in [1.82, 2.24) is 0 Å². The molecule has 2 aromatic carbocycles. The third kappa shape index (κ3) is 3.92. The summed E-state index contributed by atoms with van der Waals surface area (Å²) in [5.41, 5.74) is 2.66. The Kier molecular flexibility index (Phi) is 4.81. The summed E-state index contributed by atoms with van der Waals surface area (Å²) in [4.78, 5) is 23.7. The van der Waals surface area contributed by atoms with Crippen LogP contribution in [0.4, 0.5) is 0 Å². The highest BCUT2D eigenvalue weighted by Crippen LogP contribution is 2.22. The van der Waals surface area contributed by atoms with Crippen molar-refractivity contribution in [2.24, 2.45) is 0 Å². The lowest BCUT2D eigenvalue weighted by Gasteiger charge is -2.08. The summed E-state index contributed by atoms with van der Waals surface area (Å²) >= 11 is 3.34. The summed E-state index contributed by atoms with van der Waals surface area (Å²) in [6, 6.07) is 14.5. The van der Waals surface area contributed by atoms with Gasteiger partial charge in [0, 0.05) is 21.5 Å². The van der Waals surface area contributed by atoms with Crippen molar-refractivity contribution < 1.29 is 13.9 Å². The van der Waals surface area contributed by atoms with Crippen molar-refractivity contribution >= 4 is 32.9 Å². The fourth-order valence-electron chi connectivity index (χ4n) is 2.41. The molecular weight excluding hydrogens is 372 g/mol. The van der Waals surface area contributed by atoms with Gasteiger partial charge < -0.3 is 9.15 Å². The number of ether oxygens (including phenoxy) is 1. The smallest absolute Gasteiger partial charge is 0.336 e. The topological polar surface area (TPSA) is 56.5 Å². The van der Waals surface area contributed by atoms with Gasteiger partial charge in [0.1, 0.15) is 12.2 Å². The predicted octanol–water partition coefficient (Wildman–Crippen LogP) is 4.15. The largest absolute Gasteiger partial charge is 0.461 e. The molecule has 0 N–H and O–H groups in total. The Morgan fingerprint density at radius 2 is 1.88 bits per heavy atom. The van der Waals surface area contributed by atoms with Crippen molar-refractivity contribution in [3.05, 3.63) is 80.1 Å². The third-order valence-corrected chi connectivity index (χ3v) is 4.14. The van der Waals surface area contributed by atoms with Gasteiger partial charge in [0.25, 0.3) is 0 Å². The minimum Gasteiger partial charge on any atom is -0.461 e. The fourth-order valence-corrected chi connectivity index (χ4v) is 2.75. The molecule has 0 aliphatic heterocycles. The van der Waals surface area contributed by atoms with Crippen LogP contribution in [0.25, 0.3) is 11.0 Å². The number of rotatable bonds is 4. The zero-order valence-electron chi connectivity index (χ0n) is 13.0. The standard InChI is InChI=1S/C19H15BrO4/c1-12-2-4-13(5-3-12)8-18(21)23-11-14-9-19(22)24-17-10-15(20)6-7-16(14)17/h2-7,9-10H,8,11H2,1H3. The SMILES string of the molecule is Cc1ccc(CC(=O)OCc2cc(=O)oc3cc(Br)ccc23)cc1. The maximum atomic E-state index is 12.0. The number of hydrogen-bond donors (Lipinski definition) is 0. The molecular formula is C19H15BrO4. The van der Waals surface area contributed by atoms with Crippen molar-refractivity contribution in [3.63, 3.8) is 0 Å². The van der Waals surface area contributed by atoms with Crippen molar-refractivity contribution in [2.75, 3.05) is 0 Å². The second-order valence-electron chi connectivity index (χ2n) is 5.55. The molecule has 122 valence electrons. The fraction of sp³-hybridized carbons (Fsp3) is 0.158. The summed E-state index contributed by atoms with van der Waals surface area (Å²) in [6.07, 6.45) is 0.200. The van der Waals surface area contributed by atoms with Crippen LogP contribution in [0.15, 0.2) is 62.2 Å². The summed E-state index contributed by atoms with van der Waals surface area (Å²) < 4.78 is 11.3. The lowest BCUT2D eigenvalue weighted by atomic mass is 10.1. The van der Waals surface area contributed by atoms with Crippen LogP contribution in [0.1, 0.15) is 16.7 Å². The summed E-state index contributed by atoms with van der Waals surface area (Å²) in [7, 11) is 0. The molecule has 4 nitrogen and oxygen atoms in total. The quantitative estimate of drug-likeness (QED) is 0.499. The Balaban J connectivity index is 1.74. The molecule has 0 saturated heterocycles. The molecule has 24 heavy (non-hydrogen) atoms. The molecule has 0 atom stereocenters. The van der Waals surface area contributed by atoms with Gasteiger partial charge in [-0.25, -0.2) is 4.79 Å². The van der Waals surface area contributed by atoms with E-state index in [-0.39, 0.29) is 19.0 Å². The van der Waals surface area contributed by atoms with Gasteiger partial charge in [-0.2, -0.15) is 0 Å². The zero-order valence-corrected chi connectivity index (χ0v) is 14.6. The first kappa shape index (κ1) is 16.5. The molecule has 0 spiro atoms. The first-order valence-electron chi connectivity index (χ1n) is 7.45. The van der Waals surface area contributed by atoms with Gasteiger partial charge in [0.2, 0.25) is 0 Å². The Hall–Kier alpha value is -2.40. The van der Waals surface area contributed by atoms with E-state index >= 15 is 0 Å². The maximum Gasteiger partial charge on any atom is 0.336 e. The minimum absolute atomic E-state index is 0.0361. The molecule has 0 fully saturated rings. The van der Waals surface area contributed by atoms with E-state index in [1.54, 1.807) is 6.07 Å². The summed E-state index contributed by atoms with van der Waals surface area (Å²) in [5, 5.41) is 0.751. The second kappa shape index (κ2) is 7.01. The highest BCUT2D eigenvalue weighted by Gasteiger charge is 2.10. The number of carbonyl (C=O) groups excluding carboxylic acids is 1. The van der Waals surface area contributed by atoms with E-state index in [0.29, 0.717) is 11.1 Å². The van der Waals surface area contributed by atoms with Crippen LogP contribution < -0.4 is 5.63 Å². The van der Waals surface area contributed by atoms with Crippen LogP contribution in [-0.4, -0.2) is 5.97 Å². The molecule has 0 amide bonds. The zero-order chi connectivity index (χ0) is 17.1. The van der Waals surface area contributed by atoms with Crippen LogP contribution in [0.5, 0.6) is 0 Å². The highest BCUT2D eigenvalue weighted by molar-refractivity contribution is 9.10. The van der Waals surface area contributed by atoms with Gasteiger partial charge in [-0.1, -0.05) is 45.8 Å². The van der Waals surface area contributed by atoms with Gasteiger partial charge in [-0.3, -0.25) is 4.79 Å². The number of aryl methyl sites for hydroxylation is 1. The molecule has 5 heteroatoms. The molecule has 1 heterocycles. The molecule has 3 rings (SSSR count). The van der Waals surface area contributed by atoms with E-state index in [1.165, 1.54) is 6.07 Å². The first-order valence-corrected chi connectivity index (χ1v) is 8.24. The van der Waals surface area contributed by atoms with Crippen molar-refractivity contribution in [2.45, 2.75) is 20.0 Å². The van der Waals surface area contributed by atoms with Crippen LogP contribution in [-0.2, 0) is 22.6 Å². The second-order valence-corrected chi connectivity index (χ2v) is 6.47. The molecule has 0 saturated carbocycles. The monoisotopic (exact) mass is 386 g/mol. The van der Waals surface area contributed by atoms with E-state index in [0.717, 1.165) is 21.0 Å².